The number of aryl methyl sites for hydroxylation is 1. The van der Waals surface area contributed by atoms with E-state index < -0.39 is 15.6 Å². The number of rotatable bonds is 6. The third-order valence-corrected chi connectivity index (χ3v) is 3.29. The average molecular weight is 326 g/mol. The minimum Gasteiger partial charge on any atom is -0.279 e. The monoisotopic (exact) mass is 326 g/mol. The highest BCUT2D eigenvalue weighted by atomic mass is 32.2. The molecule has 21 heavy (non-hydrogen) atoms. The Hall–Kier alpha value is -1.08. The number of hydrogen-bond donors (Lipinski definition) is 1. The van der Waals surface area contributed by atoms with Crippen molar-refractivity contribution in [2.75, 3.05) is 0 Å². The molecule has 0 unspecified atom stereocenters. The third-order valence-electron chi connectivity index (χ3n) is 2.70. The van der Waals surface area contributed by atoms with Crippen LogP contribution >= 0.6 is 0 Å². The Morgan fingerprint density at radius 3 is 1.90 bits per heavy atom. The molecule has 0 aliphatic heterocycles. The summed E-state index contributed by atoms with van der Waals surface area (Å²) >= 11 is 0. The molecule has 0 aromatic heterocycles. The lowest BCUT2D eigenvalue weighted by Crippen LogP contribution is -2.21. The van der Waals surface area contributed by atoms with Crippen LogP contribution < -0.4 is 0 Å². The van der Waals surface area contributed by atoms with Crippen molar-refractivity contribution in [1.29, 1.82) is 0 Å². The molecule has 0 saturated carbocycles. The van der Waals surface area contributed by atoms with Crippen molar-refractivity contribution in [3.05, 3.63) is 35.9 Å². The number of unbranched alkanes of at least 4 members (excludes halogenated alkanes) is 4. The van der Waals surface area contributed by atoms with Gasteiger partial charge in [0.15, 0.2) is 0 Å². The predicted molar refractivity (Wildman–Crippen MR) is 76.5 cm³/mol. The van der Waals surface area contributed by atoms with E-state index in [0.29, 0.717) is 0 Å². The summed E-state index contributed by atoms with van der Waals surface area (Å²) in [5.74, 6) is 0. The van der Waals surface area contributed by atoms with Crippen molar-refractivity contribution < 1.29 is 26.1 Å². The van der Waals surface area contributed by atoms with Crippen LogP contribution in [0.1, 0.15) is 44.6 Å². The smallest absolute Gasteiger partial charge is 0.279 e. The van der Waals surface area contributed by atoms with Crippen molar-refractivity contribution in [2.45, 2.75) is 51.0 Å². The fraction of sp³-hybridized carbons (Fsp3) is 0.571. The maximum Gasteiger partial charge on any atom is 0.522 e. The molecule has 0 atom stereocenters. The van der Waals surface area contributed by atoms with E-state index in [9.17, 15) is 13.2 Å². The quantitative estimate of drug-likeness (QED) is 0.472. The lowest BCUT2D eigenvalue weighted by Gasteiger charge is -2.00. The number of hydrogen-bond acceptors (Lipinski definition) is 2. The summed E-state index contributed by atoms with van der Waals surface area (Å²) in [4.78, 5) is 0. The molecule has 1 aromatic rings. The molecule has 0 spiro atoms. The first kappa shape index (κ1) is 19.9. The lowest BCUT2D eigenvalue weighted by molar-refractivity contribution is -0.0510. The van der Waals surface area contributed by atoms with E-state index in [2.05, 4.69) is 37.3 Å². The number of alkyl halides is 3. The van der Waals surface area contributed by atoms with E-state index in [-0.39, 0.29) is 0 Å². The normalized spacial score (nSPS) is 11.7. The average Bonchev–Trinajstić information content (AvgIpc) is 2.38. The predicted octanol–water partition coefficient (Wildman–Crippen LogP) is 4.59. The first-order valence-corrected chi connectivity index (χ1v) is 8.20. The van der Waals surface area contributed by atoms with Crippen LogP contribution in [-0.4, -0.2) is 18.5 Å². The maximum absolute atomic E-state index is 10.7. The molecule has 1 N–H and O–H groups in total. The summed E-state index contributed by atoms with van der Waals surface area (Å²) in [7, 11) is -5.84. The molecule has 0 aliphatic rings. The van der Waals surface area contributed by atoms with Gasteiger partial charge in [0.05, 0.1) is 0 Å². The van der Waals surface area contributed by atoms with Gasteiger partial charge in [-0.15, -0.1) is 0 Å². The summed E-state index contributed by atoms with van der Waals surface area (Å²) in [5.41, 5.74) is -4.05. The summed E-state index contributed by atoms with van der Waals surface area (Å²) in [6.07, 6.45) is 8.14. The van der Waals surface area contributed by atoms with E-state index in [4.69, 9.17) is 13.0 Å². The van der Waals surface area contributed by atoms with Crippen molar-refractivity contribution >= 4 is 10.1 Å². The Kier molecular flexibility index (Phi) is 9.28. The van der Waals surface area contributed by atoms with E-state index in [1.807, 2.05) is 0 Å². The van der Waals surface area contributed by atoms with Crippen LogP contribution in [0.25, 0.3) is 0 Å². The van der Waals surface area contributed by atoms with Crippen LogP contribution in [0.15, 0.2) is 30.3 Å². The first-order chi connectivity index (χ1) is 9.68. The maximum atomic E-state index is 10.7. The van der Waals surface area contributed by atoms with Crippen LogP contribution in [0.4, 0.5) is 13.2 Å². The highest BCUT2D eigenvalue weighted by molar-refractivity contribution is 7.86. The van der Waals surface area contributed by atoms with Gasteiger partial charge in [-0.3, -0.25) is 4.55 Å². The molecule has 3 nitrogen and oxygen atoms in total. The molecule has 0 heterocycles. The summed E-state index contributed by atoms with van der Waals surface area (Å²) < 4.78 is 57.5. The van der Waals surface area contributed by atoms with Gasteiger partial charge in [-0.2, -0.15) is 21.6 Å². The molecule has 7 heteroatoms. The van der Waals surface area contributed by atoms with E-state index in [0.717, 1.165) is 0 Å². The van der Waals surface area contributed by atoms with Gasteiger partial charge >= 0.3 is 15.6 Å². The third kappa shape index (κ3) is 10.3. The lowest BCUT2D eigenvalue weighted by atomic mass is 10.1. The zero-order valence-electron chi connectivity index (χ0n) is 11.9. The van der Waals surface area contributed by atoms with E-state index >= 15 is 0 Å². The minimum absolute atomic E-state index is 1.25. The molecule has 0 aliphatic carbocycles. The SMILES string of the molecule is CCCCCCCc1ccccc1.O=S(=O)(O)C(F)(F)F. The summed E-state index contributed by atoms with van der Waals surface area (Å²) in [6.45, 7) is 2.26. The molecule has 122 valence electrons. The highest BCUT2D eigenvalue weighted by Gasteiger charge is 2.44. The summed E-state index contributed by atoms with van der Waals surface area (Å²) in [6, 6.07) is 10.8. The van der Waals surface area contributed by atoms with Crippen molar-refractivity contribution in [3.63, 3.8) is 0 Å². The van der Waals surface area contributed by atoms with Gasteiger partial charge in [0, 0.05) is 0 Å². The fourth-order valence-corrected chi connectivity index (χ4v) is 1.58. The van der Waals surface area contributed by atoms with Gasteiger partial charge in [-0.25, -0.2) is 0 Å². The molecule has 0 saturated heterocycles. The van der Waals surface area contributed by atoms with Gasteiger partial charge in [-0.1, -0.05) is 62.9 Å². The number of halogens is 3. The molecule has 0 radical (unpaired) electrons. The van der Waals surface area contributed by atoms with Crippen molar-refractivity contribution in [3.8, 4) is 0 Å². The number of benzene rings is 1. The van der Waals surface area contributed by atoms with Gasteiger partial charge in [0.25, 0.3) is 0 Å². The highest BCUT2D eigenvalue weighted by Crippen LogP contribution is 2.20. The van der Waals surface area contributed by atoms with Gasteiger partial charge in [-0.05, 0) is 18.4 Å². The molecule has 0 amide bonds. The topological polar surface area (TPSA) is 54.4 Å². The Balaban J connectivity index is 0.000000433. The second kappa shape index (κ2) is 9.78. The van der Waals surface area contributed by atoms with E-state index in [1.54, 1.807) is 0 Å². The minimum atomic E-state index is -5.84. The molecule has 0 bridgehead atoms. The Bertz CT molecular complexity index is 470. The van der Waals surface area contributed by atoms with E-state index in [1.165, 1.54) is 44.1 Å². The van der Waals surface area contributed by atoms with Gasteiger partial charge in [0.2, 0.25) is 0 Å². The molecule has 0 fully saturated rings. The van der Waals surface area contributed by atoms with Crippen LogP contribution in [0.5, 0.6) is 0 Å². The molecule has 1 aromatic carbocycles. The molecular weight excluding hydrogens is 305 g/mol. The van der Waals surface area contributed by atoms with Crippen LogP contribution in [0.2, 0.25) is 0 Å². The zero-order valence-corrected chi connectivity index (χ0v) is 12.8. The largest absolute Gasteiger partial charge is 0.522 e. The van der Waals surface area contributed by atoms with Crippen LogP contribution in [0, 0.1) is 0 Å². The standard InChI is InChI=1S/C13H20.CHF3O3S/c1-2-3-4-5-7-10-13-11-8-6-9-12-13;2-1(3,4)8(5,6)7/h6,8-9,11-12H,2-5,7,10H2,1H3;(H,5,6,7). The van der Waals surface area contributed by atoms with Crippen LogP contribution in [-0.2, 0) is 16.5 Å². The van der Waals surface area contributed by atoms with Gasteiger partial charge < -0.3 is 0 Å². The fourth-order valence-electron chi connectivity index (χ4n) is 1.58. The zero-order chi connectivity index (χ0) is 16.4. The molecule has 1 rings (SSSR count). The Morgan fingerprint density at radius 1 is 1.00 bits per heavy atom. The second-order valence-corrected chi connectivity index (χ2v) is 5.98. The Morgan fingerprint density at radius 2 is 1.48 bits per heavy atom. The Labute approximate surface area is 123 Å². The van der Waals surface area contributed by atoms with Gasteiger partial charge in [0.1, 0.15) is 0 Å². The van der Waals surface area contributed by atoms with Crippen molar-refractivity contribution in [2.24, 2.45) is 0 Å². The molecular formula is C14H21F3O3S. The van der Waals surface area contributed by atoms with Crippen LogP contribution in [0.3, 0.4) is 0 Å². The van der Waals surface area contributed by atoms with Crippen molar-refractivity contribution in [1.82, 2.24) is 0 Å². The first-order valence-electron chi connectivity index (χ1n) is 6.76. The second-order valence-electron chi connectivity index (χ2n) is 4.57. The summed E-state index contributed by atoms with van der Waals surface area (Å²) in [5, 5.41) is 0.